The summed E-state index contributed by atoms with van der Waals surface area (Å²) in [5, 5.41) is 14.9. The number of benzene rings is 6. The van der Waals surface area contributed by atoms with Gasteiger partial charge < -0.3 is 11.5 Å². The molecule has 0 saturated carbocycles. The summed E-state index contributed by atoms with van der Waals surface area (Å²) in [5.41, 5.74) is 5.98. The molecule has 278 valence electrons. The zero-order valence-corrected chi connectivity index (χ0v) is 28.4. The zero-order valence-electron chi connectivity index (χ0n) is 26.8. The quantitative estimate of drug-likeness (QED) is 0.0528. The van der Waals surface area contributed by atoms with Crippen LogP contribution >= 0.6 is 0 Å². The van der Waals surface area contributed by atoms with E-state index in [1.807, 2.05) is 0 Å². The number of alkyl halides is 6. The lowest BCUT2D eigenvalue weighted by Crippen LogP contribution is -2.07. The molecular weight excluding hydrogens is 767 g/mol. The summed E-state index contributed by atoms with van der Waals surface area (Å²) in [7, 11) is -9.68. The molecular formula is C34H22F6N6O6S2. The number of fused-ring (bicyclic) bond motifs is 2. The molecule has 0 fully saturated rings. The molecule has 0 amide bonds. The normalized spacial score (nSPS) is 13.1. The largest absolute Gasteiger partial charge is 0.418 e. The number of hydrogen-bond acceptors (Lipinski definition) is 10. The molecule has 0 spiro atoms. The average molecular weight is 789 g/mol. The minimum Gasteiger partial charge on any atom is -0.396 e. The fourth-order valence-electron chi connectivity index (χ4n) is 5.57. The van der Waals surface area contributed by atoms with Gasteiger partial charge in [0.15, 0.2) is 0 Å². The summed E-state index contributed by atoms with van der Waals surface area (Å²) in [4.78, 5) is -1.25. The maximum absolute atomic E-state index is 14.3. The average Bonchev–Trinajstić information content (AvgIpc) is 3.09. The number of hydrogen-bond donors (Lipinski definition) is 4. The molecule has 0 aliphatic rings. The number of nitrogens with zero attached hydrogens (tertiary/aromatic N) is 4. The third-order valence-corrected chi connectivity index (χ3v) is 9.86. The van der Waals surface area contributed by atoms with Gasteiger partial charge in [0, 0.05) is 21.5 Å². The Bertz CT molecular complexity index is 2600. The van der Waals surface area contributed by atoms with Gasteiger partial charge in [-0.05, 0) is 47.5 Å². The highest BCUT2D eigenvalue weighted by Crippen LogP contribution is 2.44. The number of nitrogens with two attached hydrogens (primary N) is 2. The smallest absolute Gasteiger partial charge is 0.396 e. The predicted octanol–water partition coefficient (Wildman–Crippen LogP) is 10.2. The number of halogens is 6. The molecule has 0 unspecified atom stereocenters. The molecule has 6 N–H and O–H groups in total. The standard InChI is InChI=1S/C34H22F6N6O6S2/c35-33(36,37)23-13-17(9-11-25(23)43-45-27-15-29(53(47,48)49)19-5-1-3-7-21(19)31(27)41)18-10-12-26(24(14-18)34(38,39)40)44-46-28-16-30(54(50,51)52)20-6-2-4-8-22(20)32(28)42/h1-16H,41-42H2,(H,47,48,49)(H,50,51,52). The lowest BCUT2D eigenvalue weighted by Gasteiger charge is -2.14. The summed E-state index contributed by atoms with van der Waals surface area (Å²) < 4.78 is 153. The van der Waals surface area contributed by atoms with Crippen molar-refractivity contribution < 1.29 is 52.3 Å². The summed E-state index contributed by atoms with van der Waals surface area (Å²) in [5.74, 6) is 0. The van der Waals surface area contributed by atoms with Gasteiger partial charge in [-0.15, -0.1) is 20.5 Å². The molecule has 12 nitrogen and oxygen atoms in total. The van der Waals surface area contributed by atoms with Crippen LogP contribution in [-0.2, 0) is 32.6 Å². The second-order valence-electron chi connectivity index (χ2n) is 11.5. The fourth-order valence-corrected chi connectivity index (χ4v) is 7.00. The lowest BCUT2D eigenvalue weighted by atomic mass is 9.99. The van der Waals surface area contributed by atoms with Crippen LogP contribution < -0.4 is 11.5 Å². The minimum atomic E-state index is -5.11. The van der Waals surface area contributed by atoms with E-state index in [0.29, 0.717) is 12.1 Å². The van der Waals surface area contributed by atoms with E-state index in [0.717, 1.165) is 36.4 Å². The van der Waals surface area contributed by atoms with Crippen LogP contribution in [0.15, 0.2) is 127 Å². The Morgan fingerprint density at radius 3 is 1.09 bits per heavy atom. The van der Waals surface area contributed by atoms with Gasteiger partial charge in [-0.1, -0.05) is 60.7 Å². The van der Waals surface area contributed by atoms with Crippen LogP contribution in [0.25, 0.3) is 32.7 Å². The Hall–Kier alpha value is -5.96. The highest BCUT2D eigenvalue weighted by Gasteiger charge is 2.36. The molecule has 0 aliphatic heterocycles. The van der Waals surface area contributed by atoms with E-state index in [9.17, 15) is 52.3 Å². The highest BCUT2D eigenvalue weighted by molar-refractivity contribution is 7.86. The van der Waals surface area contributed by atoms with Crippen molar-refractivity contribution >= 4 is 75.9 Å². The highest BCUT2D eigenvalue weighted by atomic mass is 32.2. The molecule has 6 aromatic carbocycles. The molecule has 0 bridgehead atoms. The van der Waals surface area contributed by atoms with E-state index < -0.39 is 76.3 Å². The third-order valence-electron chi connectivity index (χ3n) is 8.08. The van der Waals surface area contributed by atoms with E-state index >= 15 is 0 Å². The molecule has 0 saturated heterocycles. The van der Waals surface area contributed by atoms with Crippen LogP contribution in [0.2, 0.25) is 0 Å². The Balaban J connectivity index is 1.41. The first-order valence-corrected chi connectivity index (χ1v) is 17.9. The van der Waals surface area contributed by atoms with E-state index in [1.165, 1.54) is 48.5 Å². The molecule has 20 heteroatoms. The van der Waals surface area contributed by atoms with E-state index in [4.69, 9.17) is 11.5 Å². The van der Waals surface area contributed by atoms with Gasteiger partial charge in [0.25, 0.3) is 20.2 Å². The number of azo groups is 2. The summed E-state index contributed by atoms with van der Waals surface area (Å²) in [6, 6.07) is 17.9. The van der Waals surface area contributed by atoms with Crippen molar-refractivity contribution in [3.63, 3.8) is 0 Å². The summed E-state index contributed by atoms with van der Waals surface area (Å²) in [6.45, 7) is 0. The Morgan fingerprint density at radius 2 is 0.778 bits per heavy atom. The van der Waals surface area contributed by atoms with Crippen LogP contribution in [0.3, 0.4) is 0 Å². The van der Waals surface area contributed by atoms with Gasteiger partial charge in [-0.25, -0.2) is 0 Å². The summed E-state index contributed by atoms with van der Waals surface area (Å²) >= 11 is 0. The molecule has 0 aliphatic carbocycles. The third kappa shape index (κ3) is 7.44. The van der Waals surface area contributed by atoms with Crippen LogP contribution in [0.1, 0.15) is 11.1 Å². The van der Waals surface area contributed by atoms with Crippen molar-refractivity contribution in [3.05, 3.63) is 108 Å². The van der Waals surface area contributed by atoms with Crippen molar-refractivity contribution in [2.45, 2.75) is 22.1 Å². The second kappa shape index (κ2) is 13.5. The van der Waals surface area contributed by atoms with E-state index in [-0.39, 0.29) is 44.0 Å². The SMILES string of the molecule is Nc1c(N=Nc2ccc(-c3ccc(N=Nc4cc(S(=O)(=O)O)c5ccccc5c4N)c(C(F)(F)F)c3)cc2C(F)(F)F)cc(S(=O)(=O)O)c2ccccc12. The van der Waals surface area contributed by atoms with Gasteiger partial charge in [-0.2, -0.15) is 43.2 Å². The van der Waals surface area contributed by atoms with Crippen LogP contribution in [0, 0.1) is 0 Å². The topological polar surface area (TPSA) is 210 Å². The first-order chi connectivity index (χ1) is 25.1. The van der Waals surface area contributed by atoms with Gasteiger partial charge in [0.05, 0.1) is 33.9 Å². The van der Waals surface area contributed by atoms with Crippen LogP contribution in [0.5, 0.6) is 0 Å². The molecule has 0 aromatic heterocycles. The second-order valence-corrected chi connectivity index (χ2v) is 14.3. The molecule has 0 atom stereocenters. The van der Waals surface area contributed by atoms with Crippen LogP contribution in [-0.4, -0.2) is 25.9 Å². The molecule has 6 aromatic rings. The van der Waals surface area contributed by atoms with Crippen molar-refractivity contribution in [3.8, 4) is 11.1 Å². The first-order valence-electron chi connectivity index (χ1n) is 15.0. The maximum Gasteiger partial charge on any atom is 0.418 e. The van der Waals surface area contributed by atoms with Gasteiger partial charge in [0.2, 0.25) is 0 Å². The maximum atomic E-state index is 14.3. The van der Waals surface area contributed by atoms with Crippen molar-refractivity contribution in [1.29, 1.82) is 0 Å². The Morgan fingerprint density at radius 1 is 0.463 bits per heavy atom. The molecule has 0 radical (unpaired) electrons. The Kier molecular flexibility index (Phi) is 9.42. The first kappa shape index (κ1) is 37.8. The number of nitrogen functional groups attached to an aromatic ring is 2. The predicted molar refractivity (Wildman–Crippen MR) is 187 cm³/mol. The van der Waals surface area contributed by atoms with Gasteiger partial charge in [0.1, 0.15) is 21.2 Å². The minimum absolute atomic E-state index is 0.0200. The molecule has 6 rings (SSSR count). The van der Waals surface area contributed by atoms with Crippen molar-refractivity contribution in [2.24, 2.45) is 20.5 Å². The Labute approximate surface area is 301 Å². The monoisotopic (exact) mass is 788 g/mol. The molecule has 54 heavy (non-hydrogen) atoms. The van der Waals surface area contributed by atoms with Crippen molar-refractivity contribution in [1.82, 2.24) is 0 Å². The van der Waals surface area contributed by atoms with Crippen molar-refractivity contribution in [2.75, 3.05) is 11.5 Å². The van der Waals surface area contributed by atoms with Crippen LogP contribution in [0.4, 0.5) is 60.5 Å². The van der Waals surface area contributed by atoms with Gasteiger partial charge >= 0.3 is 12.4 Å². The van der Waals surface area contributed by atoms with Gasteiger partial charge in [-0.3, -0.25) is 9.11 Å². The summed E-state index contributed by atoms with van der Waals surface area (Å²) in [6.07, 6.45) is -10.2. The fraction of sp³-hybridized carbons (Fsp3) is 0.0588. The van der Waals surface area contributed by atoms with E-state index in [1.54, 1.807) is 0 Å². The number of anilines is 2. The lowest BCUT2D eigenvalue weighted by molar-refractivity contribution is -0.138. The zero-order chi connectivity index (χ0) is 39.4. The van der Waals surface area contributed by atoms with E-state index in [2.05, 4.69) is 20.5 Å². The molecule has 0 heterocycles. The number of rotatable bonds is 7.